The number of hydrogen-bond acceptors (Lipinski definition) is 6. The summed E-state index contributed by atoms with van der Waals surface area (Å²) in [6, 6.07) is 14.4. The van der Waals surface area contributed by atoms with Crippen LogP contribution < -0.4 is 11.1 Å². The van der Waals surface area contributed by atoms with Gasteiger partial charge in [-0.3, -0.25) is 4.98 Å². The molecule has 1 atom stereocenters. The third-order valence-electron chi connectivity index (χ3n) is 6.13. The number of anilines is 1. The van der Waals surface area contributed by atoms with Gasteiger partial charge in [0.15, 0.2) is 5.82 Å². The van der Waals surface area contributed by atoms with E-state index in [1.54, 1.807) is 12.4 Å². The van der Waals surface area contributed by atoms with Crippen molar-refractivity contribution in [3.8, 4) is 11.4 Å². The van der Waals surface area contributed by atoms with Gasteiger partial charge in [-0.05, 0) is 55.4 Å². The van der Waals surface area contributed by atoms with Gasteiger partial charge in [-0.25, -0.2) is 9.97 Å². The van der Waals surface area contributed by atoms with Crippen molar-refractivity contribution >= 4 is 27.4 Å². The van der Waals surface area contributed by atoms with Crippen molar-refractivity contribution in [2.75, 3.05) is 11.9 Å². The van der Waals surface area contributed by atoms with Crippen molar-refractivity contribution in [1.29, 1.82) is 0 Å². The number of pyridine rings is 1. The number of benzene rings is 1. The summed E-state index contributed by atoms with van der Waals surface area (Å²) in [5.74, 6) is 1.66. The maximum absolute atomic E-state index is 6.49. The van der Waals surface area contributed by atoms with E-state index in [1.165, 1.54) is 47.1 Å². The molecule has 0 fully saturated rings. The number of aromatic nitrogens is 3. The summed E-state index contributed by atoms with van der Waals surface area (Å²) in [4.78, 5) is 16.7. The molecule has 0 bridgehead atoms. The lowest BCUT2D eigenvalue weighted by molar-refractivity contribution is 0.624. The zero-order valence-corrected chi connectivity index (χ0v) is 19.1. The highest BCUT2D eigenvalue weighted by molar-refractivity contribution is 7.19. The Morgan fingerprint density at radius 1 is 0.938 bits per heavy atom. The summed E-state index contributed by atoms with van der Waals surface area (Å²) in [6.07, 6.45) is 11.8. The van der Waals surface area contributed by atoms with Gasteiger partial charge in [0.05, 0.1) is 5.39 Å². The van der Waals surface area contributed by atoms with E-state index >= 15 is 0 Å². The fourth-order valence-corrected chi connectivity index (χ4v) is 5.75. The summed E-state index contributed by atoms with van der Waals surface area (Å²) >= 11 is 1.84. The van der Waals surface area contributed by atoms with E-state index in [1.807, 2.05) is 29.5 Å². The molecule has 1 aliphatic carbocycles. The lowest BCUT2D eigenvalue weighted by Gasteiger charge is -2.16. The number of hydrogen-bond donors (Lipinski definition) is 2. The molecule has 164 valence electrons. The summed E-state index contributed by atoms with van der Waals surface area (Å²) in [5, 5.41) is 4.81. The van der Waals surface area contributed by atoms with E-state index < -0.39 is 0 Å². The van der Waals surface area contributed by atoms with Crippen LogP contribution in [0.2, 0.25) is 0 Å². The second-order valence-electron chi connectivity index (χ2n) is 8.56. The number of thiophene rings is 1. The van der Waals surface area contributed by atoms with E-state index in [0.29, 0.717) is 6.54 Å². The molecule has 3 heterocycles. The number of rotatable bonds is 6. The third kappa shape index (κ3) is 4.66. The van der Waals surface area contributed by atoms with Crippen LogP contribution in [0.25, 0.3) is 21.6 Å². The minimum atomic E-state index is 0.00669. The number of nitrogens with one attached hydrogen (secondary N) is 1. The quantitative estimate of drug-likeness (QED) is 0.418. The Labute approximate surface area is 193 Å². The largest absolute Gasteiger partial charge is 0.368 e. The topological polar surface area (TPSA) is 76.7 Å². The highest BCUT2D eigenvalue weighted by Crippen LogP contribution is 2.38. The molecule has 0 radical (unpaired) electrons. The molecule has 0 saturated carbocycles. The van der Waals surface area contributed by atoms with Gasteiger partial charge in [0.1, 0.15) is 10.6 Å². The zero-order valence-electron chi connectivity index (χ0n) is 18.3. The van der Waals surface area contributed by atoms with Crippen molar-refractivity contribution in [2.45, 2.75) is 51.0 Å². The van der Waals surface area contributed by atoms with Crippen molar-refractivity contribution in [2.24, 2.45) is 5.73 Å². The van der Waals surface area contributed by atoms with E-state index in [0.717, 1.165) is 41.3 Å². The average Bonchev–Trinajstić information content (AvgIpc) is 3.15. The van der Waals surface area contributed by atoms with Gasteiger partial charge in [-0.15, -0.1) is 11.3 Å². The first kappa shape index (κ1) is 21.0. The highest BCUT2D eigenvalue weighted by Gasteiger charge is 2.20. The number of aryl methyl sites for hydroxylation is 2. The van der Waals surface area contributed by atoms with Crippen molar-refractivity contribution in [3.05, 3.63) is 70.9 Å². The normalized spacial score (nSPS) is 15.0. The predicted molar refractivity (Wildman–Crippen MR) is 133 cm³/mol. The SMILES string of the molecule is N[C@H](CNc1nc(-c2ccncc2)nc2sc3c(c12)CCCCCC3)Cc1ccccc1. The van der Waals surface area contributed by atoms with Crippen molar-refractivity contribution in [3.63, 3.8) is 0 Å². The third-order valence-corrected chi connectivity index (χ3v) is 7.31. The molecule has 6 heteroatoms. The van der Waals surface area contributed by atoms with Crippen LogP contribution >= 0.6 is 11.3 Å². The fraction of sp³-hybridized carbons (Fsp3) is 0.346. The first-order valence-corrected chi connectivity index (χ1v) is 12.4. The smallest absolute Gasteiger partial charge is 0.163 e. The molecular formula is C26H29N5S. The van der Waals surface area contributed by atoms with Crippen LogP contribution in [0.5, 0.6) is 0 Å². The molecule has 5 rings (SSSR count). The molecule has 1 aromatic carbocycles. The Hall–Kier alpha value is -2.83. The zero-order chi connectivity index (χ0) is 21.8. The van der Waals surface area contributed by atoms with Crippen molar-refractivity contribution in [1.82, 2.24) is 15.0 Å². The molecule has 4 aromatic rings. The van der Waals surface area contributed by atoms with E-state index in [-0.39, 0.29) is 6.04 Å². The van der Waals surface area contributed by atoms with Crippen LogP contribution in [0.4, 0.5) is 5.82 Å². The molecule has 0 saturated heterocycles. The van der Waals surface area contributed by atoms with Crippen LogP contribution in [-0.2, 0) is 19.3 Å². The Balaban J connectivity index is 1.49. The molecule has 0 unspecified atom stereocenters. The second-order valence-corrected chi connectivity index (χ2v) is 9.64. The molecule has 0 aliphatic heterocycles. The van der Waals surface area contributed by atoms with Crippen LogP contribution in [-0.4, -0.2) is 27.5 Å². The lowest BCUT2D eigenvalue weighted by atomic mass is 9.97. The minimum Gasteiger partial charge on any atom is -0.368 e. The maximum atomic E-state index is 6.49. The van der Waals surface area contributed by atoms with Gasteiger partial charge in [0.2, 0.25) is 0 Å². The molecule has 5 nitrogen and oxygen atoms in total. The van der Waals surface area contributed by atoms with Gasteiger partial charge in [0.25, 0.3) is 0 Å². The van der Waals surface area contributed by atoms with E-state index in [2.05, 4.69) is 34.6 Å². The molecule has 3 aromatic heterocycles. The van der Waals surface area contributed by atoms with Gasteiger partial charge in [-0.1, -0.05) is 43.2 Å². The van der Waals surface area contributed by atoms with Crippen molar-refractivity contribution < 1.29 is 0 Å². The molecule has 32 heavy (non-hydrogen) atoms. The maximum Gasteiger partial charge on any atom is 0.163 e. The molecular weight excluding hydrogens is 414 g/mol. The van der Waals surface area contributed by atoms with E-state index in [4.69, 9.17) is 15.7 Å². The Morgan fingerprint density at radius 2 is 1.72 bits per heavy atom. The number of nitrogens with zero attached hydrogens (tertiary/aromatic N) is 3. The summed E-state index contributed by atoms with van der Waals surface area (Å²) in [5.41, 5.74) is 10.2. The van der Waals surface area contributed by atoms with Gasteiger partial charge in [0, 0.05) is 35.4 Å². The van der Waals surface area contributed by atoms with Crippen LogP contribution in [0.15, 0.2) is 54.9 Å². The fourth-order valence-electron chi connectivity index (χ4n) is 4.49. The first-order chi connectivity index (χ1) is 15.8. The van der Waals surface area contributed by atoms with Crippen LogP contribution in [0.1, 0.15) is 41.7 Å². The first-order valence-electron chi connectivity index (χ1n) is 11.5. The highest BCUT2D eigenvalue weighted by atomic mass is 32.1. The summed E-state index contributed by atoms with van der Waals surface area (Å²) in [7, 11) is 0. The second kappa shape index (κ2) is 9.76. The predicted octanol–water partition coefficient (Wildman–Crippen LogP) is 5.39. The lowest BCUT2D eigenvalue weighted by Crippen LogP contribution is -2.31. The van der Waals surface area contributed by atoms with E-state index in [9.17, 15) is 0 Å². The van der Waals surface area contributed by atoms with Gasteiger partial charge in [-0.2, -0.15) is 0 Å². The Morgan fingerprint density at radius 3 is 2.53 bits per heavy atom. The Bertz CT molecular complexity index is 1170. The standard InChI is InChI=1S/C26H29N5S/c27-20(16-18-8-4-3-5-9-18)17-29-25-23-21-10-6-1-2-7-11-22(21)32-26(23)31-24(30-25)19-12-14-28-15-13-19/h3-5,8-9,12-15,20H,1-2,6-7,10-11,16-17,27H2,(H,29,30,31)/t20-/m0/s1. The molecule has 0 amide bonds. The molecule has 3 N–H and O–H groups in total. The van der Waals surface area contributed by atoms with Gasteiger partial charge < -0.3 is 11.1 Å². The Kier molecular flexibility index (Phi) is 6.41. The average molecular weight is 444 g/mol. The molecule has 0 spiro atoms. The monoisotopic (exact) mass is 443 g/mol. The summed E-state index contributed by atoms with van der Waals surface area (Å²) in [6.45, 7) is 0.668. The molecule has 1 aliphatic rings. The van der Waals surface area contributed by atoms with Crippen LogP contribution in [0, 0.1) is 0 Å². The summed E-state index contributed by atoms with van der Waals surface area (Å²) < 4.78 is 0. The minimum absolute atomic E-state index is 0.00669. The van der Waals surface area contributed by atoms with Crippen LogP contribution in [0.3, 0.4) is 0 Å². The number of fused-ring (bicyclic) bond motifs is 3. The number of nitrogens with two attached hydrogens (primary N) is 1. The van der Waals surface area contributed by atoms with Gasteiger partial charge >= 0.3 is 0 Å².